The zero-order chi connectivity index (χ0) is 20.7. The third kappa shape index (κ3) is 6.08. The summed E-state index contributed by atoms with van der Waals surface area (Å²) in [5.41, 5.74) is 1.65. The van der Waals surface area contributed by atoms with Gasteiger partial charge in [-0.3, -0.25) is 4.79 Å². The monoisotopic (exact) mass is 458 g/mol. The zero-order valence-electron chi connectivity index (χ0n) is 14.4. The predicted octanol–water partition coefficient (Wildman–Crippen LogP) is 3.78. The van der Waals surface area contributed by atoms with Crippen molar-refractivity contribution in [2.45, 2.75) is 6.18 Å². The van der Waals surface area contributed by atoms with E-state index in [1.165, 1.54) is 19.4 Å². The molecule has 0 fully saturated rings. The Morgan fingerprint density at radius 1 is 1.21 bits per heavy atom. The van der Waals surface area contributed by atoms with E-state index in [1.54, 1.807) is 18.2 Å². The Morgan fingerprint density at radius 2 is 1.96 bits per heavy atom. The summed E-state index contributed by atoms with van der Waals surface area (Å²) in [6.07, 6.45) is -3.23. The molecule has 1 amide bonds. The van der Waals surface area contributed by atoms with Crippen LogP contribution in [0.1, 0.15) is 21.5 Å². The molecule has 2 aromatic carbocycles. The van der Waals surface area contributed by atoms with Gasteiger partial charge in [-0.15, -0.1) is 0 Å². The summed E-state index contributed by atoms with van der Waals surface area (Å²) < 4.78 is 48.3. The number of hydrogen-bond donors (Lipinski definition) is 1. The fraction of sp³-hybridized carbons (Fsp3) is 0.167. The number of rotatable bonds is 6. The molecule has 0 aliphatic carbocycles. The van der Waals surface area contributed by atoms with E-state index in [-0.39, 0.29) is 12.2 Å². The molecule has 6 nitrogen and oxygen atoms in total. The summed E-state index contributed by atoms with van der Waals surface area (Å²) in [7, 11) is 1.24. The Hall–Kier alpha value is -2.88. The molecule has 0 unspecified atom stereocenters. The largest absolute Gasteiger partial charge is 0.481 e. The van der Waals surface area contributed by atoms with E-state index in [4.69, 9.17) is 4.74 Å². The van der Waals surface area contributed by atoms with Crippen molar-refractivity contribution in [3.8, 4) is 5.75 Å². The molecule has 0 saturated carbocycles. The minimum atomic E-state index is -4.54. The molecule has 0 saturated heterocycles. The third-order valence-electron chi connectivity index (χ3n) is 3.36. The van der Waals surface area contributed by atoms with Crippen LogP contribution in [0.3, 0.4) is 0 Å². The molecule has 10 heteroatoms. The number of halogens is 4. The Labute approximate surface area is 166 Å². The van der Waals surface area contributed by atoms with Crippen molar-refractivity contribution in [2.75, 3.05) is 13.7 Å². The number of hydrazone groups is 1. The van der Waals surface area contributed by atoms with Crippen LogP contribution in [0.5, 0.6) is 5.75 Å². The van der Waals surface area contributed by atoms with Gasteiger partial charge in [0.05, 0.1) is 23.4 Å². The van der Waals surface area contributed by atoms with Crippen LogP contribution in [0, 0.1) is 0 Å². The second-order valence-corrected chi connectivity index (χ2v) is 6.19. The Balaban J connectivity index is 2.00. The van der Waals surface area contributed by atoms with E-state index in [0.717, 1.165) is 18.2 Å². The molecule has 0 spiro atoms. The summed E-state index contributed by atoms with van der Waals surface area (Å²) in [6.45, 7) is -0.254. The van der Waals surface area contributed by atoms with Crippen molar-refractivity contribution >= 4 is 34.0 Å². The molecular formula is C18H14BrF3N2O4. The molecule has 1 N–H and O–H groups in total. The zero-order valence-corrected chi connectivity index (χ0v) is 16.0. The molecule has 0 bridgehead atoms. The molecule has 0 heterocycles. The molecular weight excluding hydrogens is 445 g/mol. The average Bonchev–Trinajstić information content (AvgIpc) is 2.66. The first-order valence-electron chi connectivity index (χ1n) is 7.70. The van der Waals surface area contributed by atoms with Crippen LogP contribution in [-0.2, 0) is 15.7 Å². The lowest BCUT2D eigenvalue weighted by Gasteiger charge is -2.08. The van der Waals surface area contributed by atoms with Gasteiger partial charge in [0.1, 0.15) is 5.75 Å². The molecule has 148 valence electrons. The fourth-order valence-electron chi connectivity index (χ4n) is 1.98. The van der Waals surface area contributed by atoms with Crippen molar-refractivity contribution in [1.82, 2.24) is 5.43 Å². The smallest absolute Gasteiger partial charge is 0.416 e. The van der Waals surface area contributed by atoms with Crippen molar-refractivity contribution in [3.05, 3.63) is 63.6 Å². The predicted molar refractivity (Wildman–Crippen MR) is 98.2 cm³/mol. The van der Waals surface area contributed by atoms with Crippen LogP contribution in [0.15, 0.2) is 52.0 Å². The van der Waals surface area contributed by atoms with Gasteiger partial charge in [-0.1, -0.05) is 6.07 Å². The number of carbonyl (C=O) groups excluding carboxylic acids is 2. The molecule has 0 aliphatic heterocycles. The Bertz CT molecular complexity index is 901. The minimum Gasteiger partial charge on any atom is -0.481 e. The highest BCUT2D eigenvalue weighted by Crippen LogP contribution is 2.29. The van der Waals surface area contributed by atoms with Gasteiger partial charge < -0.3 is 9.47 Å². The molecule has 28 heavy (non-hydrogen) atoms. The summed E-state index contributed by atoms with van der Waals surface area (Å²) in [5.74, 6) is -0.912. The van der Waals surface area contributed by atoms with Crippen molar-refractivity contribution < 1.29 is 32.2 Å². The van der Waals surface area contributed by atoms with Crippen LogP contribution in [0.25, 0.3) is 0 Å². The van der Waals surface area contributed by atoms with Crippen LogP contribution >= 0.6 is 15.9 Å². The lowest BCUT2D eigenvalue weighted by atomic mass is 10.1. The second kappa shape index (κ2) is 9.36. The van der Waals surface area contributed by atoms with Crippen molar-refractivity contribution in [3.63, 3.8) is 0 Å². The fourth-order valence-corrected chi connectivity index (χ4v) is 2.49. The molecule has 0 atom stereocenters. The summed E-state index contributed by atoms with van der Waals surface area (Å²) in [6, 6.07) is 8.82. The number of hydrogen-bond acceptors (Lipinski definition) is 5. The van der Waals surface area contributed by atoms with E-state index in [2.05, 4.69) is 31.2 Å². The topological polar surface area (TPSA) is 77.0 Å². The number of nitrogens with one attached hydrogen (secondary N) is 1. The number of ether oxygens (including phenoxy) is 2. The SMILES string of the molecule is COC(=O)COc1ccc(C=NNC(=O)c2cccc(C(F)(F)F)c2)cc1Br. The van der Waals surface area contributed by atoms with Gasteiger partial charge >= 0.3 is 12.1 Å². The number of nitrogens with zero attached hydrogens (tertiary/aromatic N) is 1. The molecule has 0 aliphatic rings. The van der Waals surface area contributed by atoms with Gasteiger partial charge in [0, 0.05) is 5.56 Å². The molecule has 2 aromatic rings. The van der Waals surface area contributed by atoms with E-state index in [1.807, 2.05) is 0 Å². The number of esters is 1. The van der Waals surface area contributed by atoms with Crippen molar-refractivity contribution in [1.29, 1.82) is 0 Å². The molecule has 0 aromatic heterocycles. The standard InChI is InChI=1S/C18H14BrF3N2O4/c1-27-16(25)10-28-15-6-5-11(7-14(15)19)9-23-24-17(26)12-3-2-4-13(8-12)18(20,21)22/h2-9H,10H2,1H3,(H,24,26). The van der Waals surface area contributed by atoms with Crippen molar-refractivity contribution in [2.24, 2.45) is 5.10 Å². The third-order valence-corrected chi connectivity index (χ3v) is 3.98. The maximum absolute atomic E-state index is 12.7. The summed E-state index contributed by atoms with van der Waals surface area (Å²) >= 11 is 3.27. The molecule has 0 radical (unpaired) electrons. The van der Waals surface area contributed by atoms with E-state index >= 15 is 0 Å². The first-order valence-corrected chi connectivity index (χ1v) is 8.50. The Morgan fingerprint density at radius 3 is 2.61 bits per heavy atom. The summed E-state index contributed by atoms with van der Waals surface area (Å²) in [4.78, 5) is 23.0. The van der Waals surface area contributed by atoms with E-state index in [9.17, 15) is 22.8 Å². The number of methoxy groups -OCH3 is 1. The van der Waals surface area contributed by atoms with Gasteiger partial charge in [0.15, 0.2) is 6.61 Å². The van der Waals surface area contributed by atoms with E-state index < -0.39 is 23.6 Å². The number of alkyl halides is 3. The first kappa shape index (κ1) is 21.4. The minimum absolute atomic E-state index is 0.167. The van der Waals surface area contributed by atoms with Crippen LogP contribution < -0.4 is 10.2 Å². The lowest BCUT2D eigenvalue weighted by molar-refractivity contribution is -0.143. The number of carbonyl (C=O) groups is 2. The highest BCUT2D eigenvalue weighted by molar-refractivity contribution is 9.10. The average molecular weight is 459 g/mol. The van der Waals surface area contributed by atoms with Gasteiger partial charge in [-0.05, 0) is 57.9 Å². The highest BCUT2D eigenvalue weighted by atomic mass is 79.9. The van der Waals surface area contributed by atoms with Gasteiger partial charge in [-0.25, -0.2) is 10.2 Å². The van der Waals surface area contributed by atoms with Crippen LogP contribution in [0.4, 0.5) is 13.2 Å². The lowest BCUT2D eigenvalue weighted by Crippen LogP contribution is -2.18. The first-order chi connectivity index (χ1) is 13.2. The van der Waals surface area contributed by atoms with E-state index in [0.29, 0.717) is 15.8 Å². The van der Waals surface area contributed by atoms with Crippen LogP contribution in [-0.4, -0.2) is 31.8 Å². The van der Waals surface area contributed by atoms with Gasteiger partial charge in [0.25, 0.3) is 5.91 Å². The highest BCUT2D eigenvalue weighted by Gasteiger charge is 2.30. The van der Waals surface area contributed by atoms with Crippen LogP contribution in [0.2, 0.25) is 0 Å². The second-order valence-electron chi connectivity index (χ2n) is 5.33. The normalized spacial score (nSPS) is 11.3. The number of amides is 1. The maximum atomic E-state index is 12.7. The quantitative estimate of drug-likeness (QED) is 0.405. The molecule has 2 rings (SSSR count). The van der Waals surface area contributed by atoms with Gasteiger partial charge in [0.2, 0.25) is 0 Å². The number of benzene rings is 2. The summed E-state index contributed by atoms with van der Waals surface area (Å²) in [5, 5.41) is 3.73. The maximum Gasteiger partial charge on any atom is 0.416 e. The Kier molecular flexibility index (Phi) is 7.16. The van der Waals surface area contributed by atoms with Gasteiger partial charge in [-0.2, -0.15) is 18.3 Å².